The minimum Gasteiger partial charge on any atom is -0.492 e. The first-order valence-corrected chi connectivity index (χ1v) is 11.5. The van der Waals surface area contributed by atoms with E-state index in [1.165, 1.54) is 28.6 Å². The van der Waals surface area contributed by atoms with Gasteiger partial charge >= 0.3 is 0 Å². The Labute approximate surface area is 182 Å². The molecule has 30 heavy (non-hydrogen) atoms. The second-order valence-corrected chi connectivity index (χ2v) is 9.54. The number of amides is 1. The van der Waals surface area contributed by atoms with Gasteiger partial charge in [0.1, 0.15) is 12.4 Å². The predicted octanol–water partition coefficient (Wildman–Crippen LogP) is 2.95. The van der Waals surface area contributed by atoms with Crippen LogP contribution in [0.15, 0.2) is 53.4 Å². The van der Waals surface area contributed by atoms with Gasteiger partial charge in [-0.2, -0.15) is 4.31 Å². The van der Waals surface area contributed by atoms with Gasteiger partial charge in [-0.05, 0) is 56.3 Å². The largest absolute Gasteiger partial charge is 0.492 e. The molecule has 0 radical (unpaired) electrons. The lowest BCUT2D eigenvalue weighted by Gasteiger charge is -2.34. The van der Waals surface area contributed by atoms with E-state index in [9.17, 15) is 13.2 Å². The van der Waals surface area contributed by atoms with Gasteiger partial charge in [-0.15, -0.1) is 0 Å². The summed E-state index contributed by atoms with van der Waals surface area (Å²) in [5.74, 6) is 0.320. The molecule has 1 amide bonds. The van der Waals surface area contributed by atoms with E-state index in [-0.39, 0.29) is 29.6 Å². The number of morpholine rings is 1. The van der Waals surface area contributed by atoms with Crippen molar-refractivity contribution in [3.8, 4) is 5.75 Å². The summed E-state index contributed by atoms with van der Waals surface area (Å²) in [5.41, 5.74) is 0.375. The van der Waals surface area contributed by atoms with Crippen LogP contribution in [-0.2, 0) is 14.8 Å². The lowest BCUT2D eigenvalue weighted by Crippen LogP contribution is -2.48. The van der Waals surface area contributed by atoms with Crippen molar-refractivity contribution in [2.24, 2.45) is 0 Å². The van der Waals surface area contributed by atoms with E-state index in [0.29, 0.717) is 36.0 Å². The standard InChI is InChI=1S/C21H25ClN2O5S/c1-15-13-24(14-16(2)29-15)30(26,27)20-8-6-17(7-9-20)21(25)23-10-11-28-19-5-3-4-18(22)12-19/h3-9,12,15-16H,10-11,13-14H2,1-2H3,(H,23,25). The number of carbonyl (C=O) groups is 1. The number of benzene rings is 2. The Hall–Kier alpha value is -2.13. The van der Waals surface area contributed by atoms with Crippen molar-refractivity contribution in [2.45, 2.75) is 31.0 Å². The van der Waals surface area contributed by atoms with Gasteiger partial charge in [0.25, 0.3) is 5.91 Å². The summed E-state index contributed by atoms with van der Waals surface area (Å²) in [6.07, 6.45) is -0.328. The molecule has 2 aromatic rings. The molecule has 0 spiro atoms. The maximum absolute atomic E-state index is 12.9. The molecule has 2 unspecified atom stereocenters. The highest BCUT2D eigenvalue weighted by Crippen LogP contribution is 2.21. The summed E-state index contributed by atoms with van der Waals surface area (Å²) in [4.78, 5) is 12.5. The predicted molar refractivity (Wildman–Crippen MR) is 114 cm³/mol. The fraction of sp³-hybridized carbons (Fsp3) is 0.381. The molecule has 2 atom stereocenters. The van der Waals surface area contributed by atoms with Crippen molar-refractivity contribution in [3.05, 3.63) is 59.1 Å². The molecule has 162 valence electrons. The van der Waals surface area contributed by atoms with E-state index >= 15 is 0 Å². The van der Waals surface area contributed by atoms with Crippen molar-refractivity contribution in [3.63, 3.8) is 0 Å². The molecule has 1 aliphatic rings. The molecule has 1 aliphatic heterocycles. The molecule has 1 fully saturated rings. The number of rotatable bonds is 7. The summed E-state index contributed by atoms with van der Waals surface area (Å²) in [7, 11) is -3.63. The fourth-order valence-corrected chi connectivity index (χ4v) is 5.02. The number of carbonyl (C=O) groups excluding carboxylic acids is 1. The van der Waals surface area contributed by atoms with Crippen molar-refractivity contribution >= 4 is 27.5 Å². The highest BCUT2D eigenvalue weighted by molar-refractivity contribution is 7.89. The van der Waals surface area contributed by atoms with Gasteiger partial charge in [-0.3, -0.25) is 4.79 Å². The minimum absolute atomic E-state index is 0.157. The van der Waals surface area contributed by atoms with Crippen LogP contribution in [-0.4, -0.2) is 57.1 Å². The lowest BCUT2D eigenvalue weighted by molar-refractivity contribution is -0.0440. The summed E-state index contributed by atoms with van der Waals surface area (Å²) in [6.45, 7) is 4.90. The number of halogens is 1. The van der Waals surface area contributed by atoms with Crippen LogP contribution in [0.1, 0.15) is 24.2 Å². The molecule has 9 heteroatoms. The van der Waals surface area contributed by atoms with E-state index in [0.717, 1.165) is 0 Å². The number of hydrogen-bond acceptors (Lipinski definition) is 5. The molecule has 2 aromatic carbocycles. The van der Waals surface area contributed by atoms with Gasteiger partial charge < -0.3 is 14.8 Å². The van der Waals surface area contributed by atoms with Crippen molar-refractivity contribution in [2.75, 3.05) is 26.2 Å². The third-order valence-electron chi connectivity index (χ3n) is 4.59. The smallest absolute Gasteiger partial charge is 0.251 e. The summed E-state index contributed by atoms with van der Waals surface area (Å²) in [6, 6.07) is 12.9. The van der Waals surface area contributed by atoms with E-state index < -0.39 is 10.0 Å². The number of nitrogens with zero attached hydrogens (tertiary/aromatic N) is 1. The summed E-state index contributed by atoms with van der Waals surface area (Å²) in [5, 5.41) is 3.32. The molecule has 0 aromatic heterocycles. The zero-order chi connectivity index (χ0) is 21.7. The van der Waals surface area contributed by atoms with Crippen molar-refractivity contribution < 1.29 is 22.7 Å². The normalized spacial score (nSPS) is 20.0. The monoisotopic (exact) mass is 452 g/mol. The van der Waals surface area contributed by atoms with Gasteiger partial charge in [-0.1, -0.05) is 17.7 Å². The fourth-order valence-electron chi connectivity index (χ4n) is 3.25. The average molecular weight is 453 g/mol. The number of hydrogen-bond donors (Lipinski definition) is 1. The van der Waals surface area contributed by atoms with Crippen LogP contribution < -0.4 is 10.1 Å². The van der Waals surface area contributed by atoms with Gasteiger partial charge in [-0.25, -0.2) is 8.42 Å². The topological polar surface area (TPSA) is 84.9 Å². The van der Waals surface area contributed by atoms with Gasteiger partial charge in [0, 0.05) is 23.7 Å². The summed E-state index contributed by atoms with van der Waals surface area (Å²) < 4.78 is 38.3. The molecule has 0 aliphatic carbocycles. The first kappa shape index (κ1) is 22.6. The van der Waals surface area contributed by atoms with Crippen LogP contribution in [0.3, 0.4) is 0 Å². The number of sulfonamides is 1. The van der Waals surface area contributed by atoms with E-state index in [1.54, 1.807) is 24.3 Å². The van der Waals surface area contributed by atoms with E-state index in [4.69, 9.17) is 21.1 Å². The van der Waals surface area contributed by atoms with Gasteiger partial charge in [0.05, 0.1) is 23.6 Å². The van der Waals surface area contributed by atoms with Crippen LogP contribution in [0.2, 0.25) is 5.02 Å². The molecular formula is C21H25ClN2O5S. The van der Waals surface area contributed by atoms with Crippen LogP contribution in [0, 0.1) is 0 Å². The minimum atomic E-state index is -3.63. The van der Waals surface area contributed by atoms with Crippen molar-refractivity contribution in [1.29, 1.82) is 0 Å². The van der Waals surface area contributed by atoms with Crippen LogP contribution in [0.25, 0.3) is 0 Å². The highest BCUT2D eigenvalue weighted by Gasteiger charge is 2.32. The Morgan fingerprint density at radius 3 is 2.47 bits per heavy atom. The Kier molecular flexibility index (Phi) is 7.36. The van der Waals surface area contributed by atoms with Crippen LogP contribution in [0.5, 0.6) is 5.75 Å². The number of ether oxygens (including phenoxy) is 2. The Bertz CT molecular complexity index is 971. The number of nitrogens with one attached hydrogen (secondary N) is 1. The Morgan fingerprint density at radius 1 is 1.17 bits per heavy atom. The summed E-state index contributed by atoms with van der Waals surface area (Å²) >= 11 is 5.89. The van der Waals surface area contributed by atoms with Crippen LogP contribution in [0.4, 0.5) is 0 Å². The SMILES string of the molecule is CC1CN(S(=O)(=O)c2ccc(C(=O)NCCOc3cccc(Cl)c3)cc2)CC(C)O1. The van der Waals surface area contributed by atoms with E-state index in [1.807, 2.05) is 13.8 Å². The Morgan fingerprint density at radius 2 is 1.83 bits per heavy atom. The zero-order valence-corrected chi connectivity index (χ0v) is 18.4. The zero-order valence-electron chi connectivity index (χ0n) is 16.9. The average Bonchev–Trinajstić information content (AvgIpc) is 2.70. The molecular weight excluding hydrogens is 428 g/mol. The molecule has 1 N–H and O–H groups in total. The maximum atomic E-state index is 12.9. The van der Waals surface area contributed by atoms with Gasteiger partial charge in [0.15, 0.2) is 0 Å². The second-order valence-electron chi connectivity index (χ2n) is 7.17. The second kappa shape index (κ2) is 9.78. The molecule has 0 saturated carbocycles. The quantitative estimate of drug-likeness (QED) is 0.653. The molecule has 3 rings (SSSR count). The Balaban J connectivity index is 1.54. The molecule has 0 bridgehead atoms. The maximum Gasteiger partial charge on any atom is 0.251 e. The molecule has 1 heterocycles. The third kappa shape index (κ3) is 5.72. The first-order chi connectivity index (χ1) is 14.3. The highest BCUT2D eigenvalue weighted by atomic mass is 35.5. The molecule has 1 saturated heterocycles. The van der Waals surface area contributed by atoms with E-state index in [2.05, 4.69) is 5.32 Å². The van der Waals surface area contributed by atoms with Crippen LogP contribution >= 0.6 is 11.6 Å². The first-order valence-electron chi connectivity index (χ1n) is 9.68. The van der Waals surface area contributed by atoms with Gasteiger partial charge in [0.2, 0.25) is 10.0 Å². The lowest BCUT2D eigenvalue weighted by atomic mass is 10.2. The third-order valence-corrected chi connectivity index (χ3v) is 6.67. The van der Waals surface area contributed by atoms with Crippen molar-refractivity contribution in [1.82, 2.24) is 9.62 Å². The molecule has 7 nitrogen and oxygen atoms in total.